The number of piperidine rings is 1. The van der Waals surface area contributed by atoms with Crippen molar-refractivity contribution in [2.24, 2.45) is 5.73 Å². The summed E-state index contributed by atoms with van der Waals surface area (Å²) in [4.78, 5) is 24.3. The summed E-state index contributed by atoms with van der Waals surface area (Å²) in [5, 5.41) is 0. The van der Waals surface area contributed by atoms with Crippen LogP contribution in [0.3, 0.4) is 0 Å². The number of hydrogen-bond acceptors (Lipinski definition) is 2. The molecule has 1 fully saturated rings. The zero-order valence-electron chi connectivity index (χ0n) is 8.42. The number of likely N-dealkylation sites (tertiary alicyclic amines) is 1. The molecular formula is C9H15BrN2O2. The van der Waals surface area contributed by atoms with Crippen molar-refractivity contribution in [1.29, 1.82) is 0 Å². The van der Waals surface area contributed by atoms with E-state index in [0.717, 1.165) is 12.8 Å². The molecule has 80 valence electrons. The zero-order valence-corrected chi connectivity index (χ0v) is 10.0. The molecule has 1 aliphatic rings. The van der Waals surface area contributed by atoms with Gasteiger partial charge in [-0.25, -0.2) is 0 Å². The van der Waals surface area contributed by atoms with Crippen molar-refractivity contribution < 1.29 is 9.59 Å². The lowest BCUT2D eigenvalue weighted by atomic mass is 9.97. The number of nitrogens with zero attached hydrogens (tertiary/aromatic N) is 1. The monoisotopic (exact) mass is 262 g/mol. The molecule has 5 heteroatoms. The number of nitrogens with two attached hydrogens (primary N) is 1. The van der Waals surface area contributed by atoms with Gasteiger partial charge >= 0.3 is 0 Å². The highest BCUT2D eigenvalue weighted by molar-refractivity contribution is 9.10. The van der Waals surface area contributed by atoms with E-state index in [-0.39, 0.29) is 10.7 Å². The normalized spacial score (nSPS) is 23.8. The molecule has 0 spiro atoms. The minimum atomic E-state index is -0.885. The minimum Gasteiger partial charge on any atom is -0.368 e. The molecule has 0 aliphatic carbocycles. The molecule has 14 heavy (non-hydrogen) atoms. The molecule has 0 aromatic rings. The van der Waals surface area contributed by atoms with Crippen LogP contribution in [0.2, 0.25) is 0 Å². The highest BCUT2D eigenvalue weighted by Crippen LogP contribution is 2.25. The molecule has 1 rings (SSSR count). The summed E-state index contributed by atoms with van der Waals surface area (Å²) in [6.45, 7) is 3.97. The van der Waals surface area contributed by atoms with Crippen molar-refractivity contribution in [3.63, 3.8) is 0 Å². The Morgan fingerprint density at radius 3 is 2.71 bits per heavy atom. The van der Waals surface area contributed by atoms with Crippen LogP contribution in [0, 0.1) is 0 Å². The molecule has 0 aromatic carbocycles. The predicted molar refractivity (Wildman–Crippen MR) is 56.9 cm³/mol. The Kier molecular flexibility index (Phi) is 3.19. The molecule has 0 radical (unpaired) electrons. The second kappa shape index (κ2) is 3.88. The highest BCUT2D eigenvalue weighted by Gasteiger charge is 2.40. The molecule has 1 unspecified atom stereocenters. The average molecular weight is 263 g/mol. The fourth-order valence-corrected chi connectivity index (χ4v) is 2.09. The SMILES string of the molecule is CC(C)(C(N)=O)N1CCCC(Br)C1=O. The number of alkyl halides is 1. The third-order valence-corrected chi connectivity index (χ3v) is 3.50. The first-order chi connectivity index (χ1) is 6.37. The molecule has 0 aromatic heterocycles. The van der Waals surface area contributed by atoms with Gasteiger partial charge in [-0.1, -0.05) is 15.9 Å². The second-order valence-corrected chi connectivity index (χ2v) is 5.13. The molecule has 1 heterocycles. The number of carbonyl (C=O) groups excluding carboxylic acids is 2. The minimum absolute atomic E-state index is 0.0416. The lowest BCUT2D eigenvalue weighted by Crippen LogP contribution is -2.59. The van der Waals surface area contributed by atoms with E-state index in [0.29, 0.717) is 6.54 Å². The largest absolute Gasteiger partial charge is 0.368 e. The number of carbonyl (C=O) groups is 2. The molecule has 4 nitrogen and oxygen atoms in total. The van der Waals surface area contributed by atoms with E-state index in [2.05, 4.69) is 15.9 Å². The van der Waals surface area contributed by atoms with E-state index in [9.17, 15) is 9.59 Å². The number of hydrogen-bond donors (Lipinski definition) is 1. The van der Waals surface area contributed by atoms with Crippen LogP contribution >= 0.6 is 15.9 Å². The van der Waals surface area contributed by atoms with Gasteiger partial charge in [-0.2, -0.15) is 0 Å². The van der Waals surface area contributed by atoms with E-state index < -0.39 is 11.4 Å². The van der Waals surface area contributed by atoms with Gasteiger partial charge in [-0.15, -0.1) is 0 Å². The quantitative estimate of drug-likeness (QED) is 0.743. The first-order valence-electron chi connectivity index (χ1n) is 4.63. The van der Waals surface area contributed by atoms with E-state index in [1.807, 2.05) is 0 Å². The van der Waals surface area contributed by atoms with Crippen molar-refractivity contribution in [1.82, 2.24) is 4.90 Å². The highest BCUT2D eigenvalue weighted by atomic mass is 79.9. The molecule has 2 amide bonds. The van der Waals surface area contributed by atoms with Gasteiger partial charge < -0.3 is 10.6 Å². The van der Waals surface area contributed by atoms with Crippen molar-refractivity contribution in [2.45, 2.75) is 37.1 Å². The van der Waals surface area contributed by atoms with E-state index >= 15 is 0 Å². The van der Waals surface area contributed by atoms with Gasteiger partial charge in [-0.05, 0) is 26.7 Å². The Morgan fingerprint density at radius 2 is 2.21 bits per heavy atom. The number of primary amides is 1. The number of amides is 2. The first kappa shape index (κ1) is 11.5. The lowest BCUT2D eigenvalue weighted by Gasteiger charge is -2.40. The Bertz CT molecular complexity index is 266. The topological polar surface area (TPSA) is 63.4 Å². The summed E-state index contributed by atoms with van der Waals surface area (Å²) in [5.41, 5.74) is 4.38. The van der Waals surface area contributed by atoms with Crippen LogP contribution in [0.15, 0.2) is 0 Å². The smallest absolute Gasteiger partial charge is 0.242 e. The second-order valence-electron chi connectivity index (χ2n) is 4.02. The van der Waals surface area contributed by atoms with Crippen molar-refractivity contribution in [2.75, 3.05) is 6.54 Å². The Hall–Kier alpha value is -0.580. The fraction of sp³-hybridized carbons (Fsp3) is 0.778. The van der Waals surface area contributed by atoms with Gasteiger partial charge in [0.05, 0.1) is 4.83 Å². The predicted octanol–water partition coefficient (Wildman–Crippen LogP) is 0.636. The first-order valence-corrected chi connectivity index (χ1v) is 5.54. The molecule has 0 saturated carbocycles. The van der Waals surface area contributed by atoms with Gasteiger partial charge in [0.25, 0.3) is 0 Å². The van der Waals surface area contributed by atoms with Crippen LogP contribution < -0.4 is 5.73 Å². The van der Waals surface area contributed by atoms with Gasteiger partial charge in [0.1, 0.15) is 5.54 Å². The Balaban J connectivity index is 2.86. The van der Waals surface area contributed by atoms with E-state index in [4.69, 9.17) is 5.73 Å². The van der Waals surface area contributed by atoms with Crippen LogP contribution in [-0.4, -0.2) is 33.6 Å². The summed E-state index contributed by atoms with van der Waals surface area (Å²) in [5.74, 6) is -0.507. The van der Waals surface area contributed by atoms with Crippen LogP contribution in [0.4, 0.5) is 0 Å². The third-order valence-electron chi connectivity index (χ3n) is 2.65. The zero-order chi connectivity index (χ0) is 10.9. The van der Waals surface area contributed by atoms with Crippen LogP contribution in [0.5, 0.6) is 0 Å². The number of halogens is 1. The Labute approximate surface area is 91.9 Å². The lowest BCUT2D eigenvalue weighted by molar-refractivity contribution is -0.145. The van der Waals surface area contributed by atoms with Gasteiger partial charge in [0, 0.05) is 6.54 Å². The van der Waals surface area contributed by atoms with Crippen LogP contribution in [0.1, 0.15) is 26.7 Å². The van der Waals surface area contributed by atoms with Crippen LogP contribution in [0.25, 0.3) is 0 Å². The van der Waals surface area contributed by atoms with E-state index in [1.54, 1.807) is 18.7 Å². The number of rotatable bonds is 2. The molecule has 0 bridgehead atoms. The summed E-state index contributed by atoms with van der Waals surface area (Å²) in [6.07, 6.45) is 1.72. The van der Waals surface area contributed by atoms with Crippen molar-refractivity contribution in [3.8, 4) is 0 Å². The van der Waals surface area contributed by atoms with Gasteiger partial charge in [-0.3, -0.25) is 9.59 Å². The fourth-order valence-electron chi connectivity index (χ4n) is 1.52. The molecule has 1 aliphatic heterocycles. The van der Waals surface area contributed by atoms with Gasteiger partial charge in [0.15, 0.2) is 0 Å². The van der Waals surface area contributed by atoms with E-state index in [1.165, 1.54) is 0 Å². The summed E-state index contributed by atoms with van der Waals surface area (Å²) >= 11 is 3.29. The van der Waals surface area contributed by atoms with Crippen LogP contribution in [-0.2, 0) is 9.59 Å². The maximum atomic E-state index is 11.7. The Morgan fingerprint density at radius 1 is 1.64 bits per heavy atom. The summed E-state index contributed by atoms with van der Waals surface area (Å²) in [7, 11) is 0. The van der Waals surface area contributed by atoms with Crippen molar-refractivity contribution in [3.05, 3.63) is 0 Å². The standard InChI is InChI=1S/C9H15BrN2O2/c1-9(2,8(11)14)12-5-3-4-6(10)7(12)13/h6H,3-5H2,1-2H3,(H2,11,14). The molecular weight excluding hydrogens is 248 g/mol. The summed E-state index contributed by atoms with van der Waals surface area (Å²) in [6, 6.07) is 0. The average Bonchev–Trinajstić information content (AvgIpc) is 2.09. The van der Waals surface area contributed by atoms with Crippen molar-refractivity contribution >= 4 is 27.7 Å². The molecule has 2 N–H and O–H groups in total. The molecule has 1 saturated heterocycles. The summed E-state index contributed by atoms with van der Waals surface area (Å²) < 4.78 is 0. The molecule has 1 atom stereocenters. The maximum Gasteiger partial charge on any atom is 0.242 e. The third kappa shape index (κ3) is 1.92. The van der Waals surface area contributed by atoms with Gasteiger partial charge in [0.2, 0.25) is 11.8 Å². The maximum absolute atomic E-state index is 11.7.